The maximum Gasteiger partial charge on any atom is 0.261 e. The summed E-state index contributed by atoms with van der Waals surface area (Å²) in [6.45, 7) is 1.28. The van der Waals surface area contributed by atoms with Crippen molar-refractivity contribution in [3.05, 3.63) is 64.2 Å². The van der Waals surface area contributed by atoms with Crippen LogP contribution in [0, 0.1) is 0 Å². The molecule has 0 spiro atoms. The normalized spacial score (nSPS) is 13.5. The lowest BCUT2D eigenvalue weighted by molar-refractivity contribution is 0.0657. The van der Waals surface area contributed by atoms with Gasteiger partial charge in [-0.3, -0.25) is 19.5 Å². The first-order valence-corrected chi connectivity index (χ1v) is 9.65. The minimum atomic E-state index is -0.260. The van der Waals surface area contributed by atoms with E-state index in [9.17, 15) is 9.59 Å². The van der Waals surface area contributed by atoms with E-state index in [0.29, 0.717) is 41.6 Å². The summed E-state index contributed by atoms with van der Waals surface area (Å²) in [6, 6.07) is 12.4. The zero-order chi connectivity index (χ0) is 20.8. The number of benzene rings is 2. The number of hydrogen-bond donors (Lipinski definition) is 2. The number of rotatable bonds is 7. The Morgan fingerprint density at radius 3 is 2.31 bits per heavy atom. The average Bonchev–Trinajstić information content (AvgIpc) is 2.98. The molecular formula is C21H23ClN4O3. The lowest BCUT2D eigenvalue weighted by Crippen LogP contribution is -2.43. The second-order valence-electron chi connectivity index (χ2n) is 6.44. The van der Waals surface area contributed by atoms with Gasteiger partial charge in [0, 0.05) is 31.7 Å². The summed E-state index contributed by atoms with van der Waals surface area (Å²) < 4.78 is 5.15. The second kappa shape index (κ2) is 9.43. The molecule has 0 atom stereocenters. The van der Waals surface area contributed by atoms with Crippen molar-refractivity contribution in [3.8, 4) is 5.75 Å². The summed E-state index contributed by atoms with van der Waals surface area (Å²) in [5.74, 6) is 0.789. The lowest BCUT2D eigenvalue weighted by atomic mass is 10.1. The molecule has 1 aliphatic heterocycles. The number of imide groups is 1. The van der Waals surface area contributed by atoms with Crippen LogP contribution in [-0.2, 0) is 6.42 Å². The summed E-state index contributed by atoms with van der Waals surface area (Å²) in [4.78, 5) is 30.2. The average molecular weight is 415 g/mol. The van der Waals surface area contributed by atoms with Crippen molar-refractivity contribution in [1.29, 1.82) is 0 Å². The van der Waals surface area contributed by atoms with E-state index < -0.39 is 0 Å². The Morgan fingerprint density at radius 1 is 1.07 bits per heavy atom. The number of nitrogens with one attached hydrogen (secondary N) is 2. The second-order valence-corrected chi connectivity index (χ2v) is 6.85. The van der Waals surface area contributed by atoms with E-state index in [2.05, 4.69) is 15.6 Å². The van der Waals surface area contributed by atoms with E-state index in [1.165, 1.54) is 4.90 Å². The van der Waals surface area contributed by atoms with Gasteiger partial charge in [-0.05, 0) is 36.2 Å². The van der Waals surface area contributed by atoms with E-state index in [1.807, 2.05) is 12.1 Å². The maximum atomic E-state index is 12.4. The maximum absolute atomic E-state index is 12.4. The van der Waals surface area contributed by atoms with Crippen LogP contribution >= 0.6 is 11.6 Å². The molecule has 0 saturated carbocycles. The van der Waals surface area contributed by atoms with Crippen molar-refractivity contribution >= 4 is 29.4 Å². The van der Waals surface area contributed by atoms with E-state index in [1.54, 1.807) is 44.5 Å². The molecule has 3 rings (SSSR count). The van der Waals surface area contributed by atoms with Gasteiger partial charge < -0.3 is 15.4 Å². The summed E-state index contributed by atoms with van der Waals surface area (Å²) >= 11 is 6.26. The first-order valence-electron chi connectivity index (χ1n) is 9.27. The molecule has 29 heavy (non-hydrogen) atoms. The molecule has 7 nitrogen and oxygen atoms in total. The highest BCUT2D eigenvalue weighted by molar-refractivity contribution is 6.31. The van der Waals surface area contributed by atoms with Gasteiger partial charge in [-0.15, -0.1) is 0 Å². The molecule has 8 heteroatoms. The molecule has 0 fully saturated rings. The Bertz CT molecular complexity index is 910. The summed E-state index contributed by atoms with van der Waals surface area (Å²) in [5, 5.41) is 6.97. The third-order valence-corrected chi connectivity index (χ3v) is 5.03. The molecule has 1 aliphatic rings. The quantitative estimate of drug-likeness (QED) is 0.413. The minimum absolute atomic E-state index is 0.260. The molecule has 2 N–H and O–H groups in total. The predicted octanol–water partition coefficient (Wildman–Crippen LogP) is 2.35. The Hall–Kier alpha value is -3.06. The van der Waals surface area contributed by atoms with Crippen LogP contribution in [0.1, 0.15) is 26.3 Å². The van der Waals surface area contributed by atoms with Crippen molar-refractivity contribution in [1.82, 2.24) is 15.5 Å². The molecule has 0 aromatic heterocycles. The van der Waals surface area contributed by atoms with Crippen LogP contribution < -0.4 is 15.4 Å². The Morgan fingerprint density at radius 2 is 1.72 bits per heavy atom. The van der Waals surface area contributed by atoms with Crippen molar-refractivity contribution in [2.45, 2.75) is 6.42 Å². The number of nitrogens with zero attached hydrogens (tertiary/aromatic N) is 2. The standard InChI is InChI=1S/C21H23ClN4O3/c1-23-21(24-10-9-14-7-8-15(29-2)13-18(14)22)25-11-12-26-19(27)16-5-3-4-6-17(16)20(26)28/h3-8,13H,9-12H2,1-2H3,(H2,23,24,25). The Kier molecular flexibility index (Phi) is 6.72. The largest absolute Gasteiger partial charge is 0.497 e. The van der Waals surface area contributed by atoms with Gasteiger partial charge in [-0.2, -0.15) is 0 Å². The van der Waals surface area contributed by atoms with Gasteiger partial charge in [-0.1, -0.05) is 29.8 Å². The molecule has 0 unspecified atom stereocenters. The van der Waals surface area contributed by atoms with Crippen LogP contribution in [0.5, 0.6) is 5.75 Å². The fraction of sp³-hybridized carbons (Fsp3) is 0.286. The zero-order valence-corrected chi connectivity index (χ0v) is 17.1. The van der Waals surface area contributed by atoms with Crippen LogP contribution in [0.4, 0.5) is 0 Å². The first-order chi connectivity index (χ1) is 14.0. The SMILES string of the molecule is CN=C(NCCc1ccc(OC)cc1Cl)NCCN1C(=O)c2ccccc2C1=O. The van der Waals surface area contributed by atoms with Crippen LogP contribution in [0.2, 0.25) is 5.02 Å². The predicted molar refractivity (Wildman–Crippen MR) is 113 cm³/mol. The Labute approximate surface area is 174 Å². The minimum Gasteiger partial charge on any atom is -0.497 e. The highest BCUT2D eigenvalue weighted by atomic mass is 35.5. The fourth-order valence-electron chi connectivity index (χ4n) is 3.12. The van der Waals surface area contributed by atoms with Crippen LogP contribution in [-0.4, -0.2) is 56.5 Å². The molecule has 0 radical (unpaired) electrons. The van der Waals surface area contributed by atoms with Gasteiger partial charge in [0.15, 0.2) is 5.96 Å². The highest BCUT2D eigenvalue weighted by Gasteiger charge is 2.34. The number of aliphatic imine (C=N–C) groups is 1. The van der Waals surface area contributed by atoms with E-state index in [4.69, 9.17) is 16.3 Å². The van der Waals surface area contributed by atoms with Gasteiger partial charge >= 0.3 is 0 Å². The number of ether oxygens (including phenoxy) is 1. The summed E-state index contributed by atoms with van der Waals surface area (Å²) in [5.41, 5.74) is 1.91. The number of hydrogen-bond acceptors (Lipinski definition) is 4. The first kappa shape index (κ1) is 20.7. The number of carbonyl (C=O) groups excluding carboxylic acids is 2. The summed E-state index contributed by atoms with van der Waals surface area (Å²) in [6.07, 6.45) is 0.710. The molecule has 2 amide bonds. The monoisotopic (exact) mass is 414 g/mol. The number of guanidine groups is 1. The lowest BCUT2D eigenvalue weighted by Gasteiger charge is -2.16. The number of methoxy groups -OCH3 is 1. The van der Waals surface area contributed by atoms with Gasteiger partial charge in [0.25, 0.3) is 11.8 Å². The van der Waals surface area contributed by atoms with Gasteiger partial charge in [-0.25, -0.2) is 0 Å². The van der Waals surface area contributed by atoms with Crippen LogP contribution in [0.3, 0.4) is 0 Å². The van der Waals surface area contributed by atoms with Crippen molar-refractivity contribution in [2.75, 3.05) is 33.8 Å². The zero-order valence-electron chi connectivity index (χ0n) is 16.4. The third kappa shape index (κ3) is 4.68. The number of carbonyl (C=O) groups is 2. The molecule has 152 valence electrons. The van der Waals surface area contributed by atoms with Crippen LogP contribution in [0.15, 0.2) is 47.5 Å². The molecule has 1 heterocycles. The molecular weight excluding hydrogens is 392 g/mol. The van der Waals surface area contributed by atoms with Gasteiger partial charge in [0.2, 0.25) is 0 Å². The van der Waals surface area contributed by atoms with E-state index in [-0.39, 0.29) is 18.4 Å². The van der Waals surface area contributed by atoms with Crippen molar-refractivity contribution in [3.63, 3.8) is 0 Å². The molecule has 2 aromatic carbocycles. The van der Waals surface area contributed by atoms with Crippen molar-refractivity contribution < 1.29 is 14.3 Å². The Balaban J connectivity index is 1.46. The third-order valence-electron chi connectivity index (χ3n) is 4.68. The molecule has 0 saturated heterocycles. The van der Waals surface area contributed by atoms with Gasteiger partial charge in [0.1, 0.15) is 5.75 Å². The number of amides is 2. The van der Waals surface area contributed by atoms with Crippen molar-refractivity contribution in [2.24, 2.45) is 4.99 Å². The fourth-order valence-corrected chi connectivity index (χ4v) is 3.39. The number of fused-ring (bicyclic) bond motifs is 1. The molecule has 0 bridgehead atoms. The molecule has 0 aliphatic carbocycles. The topological polar surface area (TPSA) is 83.0 Å². The van der Waals surface area contributed by atoms with E-state index >= 15 is 0 Å². The van der Waals surface area contributed by atoms with Gasteiger partial charge in [0.05, 0.1) is 18.2 Å². The van der Waals surface area contributed by atoms with Crippen LogP contribution in [0.25, 0.3) is 0 Å². The highest BCUT2D eigenvalue weighted by Crippen LogP contribution is 2.23. The smallest absolute Gasteiger partial charge is 0.261 e. The summed E-state index contributed by atoms with van der Waals surface area (Å²) in [7, 11) is 3.27. The van der Waals surface area contributed by atoms with E-state index in [0.717, 1.165) is 11.3 Å². The molecule has 2 aromatic rings. The number of halogens is 1.